The summed E-state index contributed by atoms with van der Waals surface area (Å²) in [6.45, 7) is 4.33. The van der Waals surface area contributed by atoms with Gasteiger partial charge in [0.2, 0.25) is 0 Å². The maximum atomic E-state index is 13.6. The van der Waals surface area contributed by atoms with E-state index in [9.17, 15) is 14.7 Å². The van der Waals surface area contributed by atoms with Crippen molar-refractivity contribution in [3.05, 3.63) is 76.4 Å². The Kier molecular flexibility index (Phi) is 8.15. The molecular weight excluding hydrogens is 500 g/mol. The van der Waals surface area contributed by atoms with Crippen LogP contribution in [0.3, 0.4) is 0 Å². The maximum absolute atomic E-state index is 13.6. The number of halogens is 1. The second-order valence-corrected chi connectivity index (χ2v) is 10.9. The molecule has 8 heteroatoms. The van der Waals surface area contributed by atoms with Crippen molar-refractivity contribution in [2.45, 2.75) is 64.1 Å². The minimum Gasteiger partial charge on any atom is -0.393 e. The van der Waals surface area contributed by atoms with Gasteiger partial charge in [0.05, 0.1) is 17.8 Å². The van der Waals surface area contributed by atoms with Crippen LogP contribution in [-0.4, -0.2) is 62.2 Å². The van der Waals surface area contributed by atoms with Crippen LogP contribution in [0.25, 0.3) is 11.3 Å². The Labute approximate surface area is 229 Å². The van der Waals surface area contributed by atoms with Crippen LogP contribution in [0.2, 0.25) is 5.02 Å². The molecule has 1 aromatic heterocycles. The molecule has 1 N–H and O–H groups in total. The Morgan fingerprint density at radius 1 is 1.08 bits per heavy atom. The molecule has 0 spiro atoms. The SMILES string of the molecule is CCCCCC1CN(Cc2cccc(C(=O)N3CCC(O)CC3)c2)C(=O)c2cc(-c3ccc(Cl)cc3)nn21. The number of nitrogens with zero attached hydrogens (tertiary/aromatic N) is 4. The Bertz CT molecular complexity index is 1280. The number of rotatable bonds is 8. The zero-order chi connectivity index (χ0) is 26.6. The van der Waals surface area contributed by atoms with Gasteiger partial charge in [-0.1, -0.05) is 62.1 Å². The number of unbranched alkanes of at least 4 members (excludes halogenated alkanes) is 2. The molecular formula is C30H35ClN4O3. The zero-order valence-electron chi connectivity index (χ0n) is 21.9. The van der Waals surface area contributed by atoms with Crippen LogP contribution in [0.4, 0.5) is 0 Å². The Morgan fingerprint density at radius 3 is 2.58 bits per heavy atom. The number of aromatic nitrogens is 2. The third-order valence-corrected chi connectivity index (χ3v) is 7.85. The van der Waals surface area contributed by atoms with E-state index < -0.39 is 0 Å². The van der Waals surface area contributed by atoms with E-state index in [2.05, 4.69) is 6.92 Å². The number of aliphatic hydroxyl groups excluding tert-OH is 1. The summed E-state index contributed by atoms with van der Waals surface area (Å²) in [7, 11) is 0. The largest absolute Gasteiger partial charge is 0.393 e. The molecule has 1 saturated heterocycles. The normalized spacial score (nSPS) is 18.1. The molecule has 1 fully saturated rings. The number of benzene rings is 2. The van der Waals surface area contributed by atoms with Gasteiger partial charge in [0, 0.05) is 42.3 Å². The number of hydrogen-bond acceptors (Lipinski definition) is 4. The first-order valence-electron chi connectivity index (χ1n) is 13.6. The Balaban J connectivity index is 1.37. The van der Waals surface area contributed by atoms with Crippen LogP contribution in [-0.2, 0) is 6.54 Å². The molecule has 5 rings (SSSR count). The van der Waals surface area contributed by atoms with Crippen molar-refractivity contribution in [1.82, 2.24) is 19.6 Å². The molecule has 2 aliphatic rings. The smallest absolute Gasteiger partial charge is 0.272 e. The van der Waals surface area contributed by atoms with Crippen LogP contribution in [0.1, 0.15) is 77.9 Å². The zero-order valence-corrected chi connectivity index (χ0v) is 22.6. The van der Waals surface area contributed by atoms with Crippen molar-refractivity contribution in [3.63, 3.8) is 0 Å². The molecule has 2 amide bonds. The van der Waals surface area contributed by atoms with Crippen LogP contribution < -0.4 is 0 Å². The van der Waals surface area contributed by atoms with Crippen LogP contribution in [0.15, 0.2) is 54.6 Å². The number of carbonyl (C=O) groups excluding carboxylic acids is 2. The maximum Gasteiger partial charge on any atom is 0.272 e. The average Bonchev–Trinajstić information content (AvgIpc) is 3.38. The fourth-order valence-corrected chi connectivity index (χ4v) is 5.55. The van der Waals surface area contributed by atoms with E-state index in [1.807, 2.05) is 64.2 Å². The predicted molar refractivity (Wildman–Crippen MR) is 148 cm³/mol. The first kappa shape index (κ1) is 26.4. The lowest BCUT2D eigenvalue weighted by Gasteiger charge is -2.34. The van der Waals surface area contributed by atoms with Crippen molar-refractivity contribution in [2.24, 2.45) is 0 Å². The van der Waals surface area contributed by atoms with Crippen molar-refractivity contribution in [2.75, 3.05) is 19.6 Å². The number of amides is 2. The quantitative estimate of drug-likeness (QED) is 0.383. The van der Waals surface area contributed by atoms with Gasteiger partial charge in [0.25, 0.3) is 11.8 Å². The van der Waals surface area contributed by atoms with Crippen LogP contribution in [0, 0.1) is 0 Å². The van der Waals surface area contributed by atoms with Gasteiger partial charge in [0.1, 0.15) is 5.69 Å². The van der Waals surface area contributed by atoms with Gasteiger partial charge in [-0.05, 0) is 55.2 Å². The summed E-state index contributed by atoms with van der Waals surface area (Å²) in [5.74, 6) is -0.0713. The van der Waals surface area contributed by atoms with Gasteiger partial charge in [-0.25, -0.2) is 0 Å². The molecule has 0 saturated carbocycles. The molecule has 2 aromatic carbocycles. The molecule has 1 atom stereocenters. The highest BCUT2D eigenvalue weighted by molar-refractivity contribution is 6.30. The van der Waals surface area contributed by atoms with Gasteiger partial charge in [-0.15, -0.1) is 0 Å². The first-order chi connectivity index (χ1) is 18.4. The van der Waals surface area contributed by atoms with Crippen molar-refractivity contribution in [1.29, 1.82) is 0 Å². The van der Waals surface area contributed by atoms with E-state index in [0.717, 1.165) is 42.5 Å². The highest BCUT2D eigenvalue weighted by Crippen LogP contribution is 2.31. The minimum absolute atomic E-state index is 0.0214. The summed E-state index contributed by atoms with van der Waals surface area (Å²) in [6, 6.07) is 17.1. The third kappa shape index (κ3) is 5.79. The van der Waals surface area contributed by atoms with Gasteiger partial charge >= 0.3 is 0 Å². The second-order valence-electron chi connectivity index (χ2n) is 10.4. The average molecular weight is 535 g/mol. The topological polar surface area (TPSA) is 78.7 Å². The summed E-state index contributed by atoms with van der Waals surface area (Å²) in [5.41, 5.74) is 3.85. The molecule has 3 aromatic rings. The van der Waals surface area contributed by atoms with Gasteiger partial charge in [0.15, 0.2) is 0 Å². The summed E-state index contributed by atoms with van der Waals surface area (Å²) >= 11 is 6.07. The van der Waals surface area contributed by atoms with E-state index in [-0.39, 0.29) is 24.0 Å². The first-order valence-corrected chi connectivity index (χ1v) is 14.0. The lowest BCUT2D eigenvalue weighted by Crippen LogP contribution is -2.43. The van der Waals surface area contributed by atoms with E-state index in [0.29, 0.717) is 55.3 Å². The predicted octanol–water partition coefficient (Wildman–Crippen LogP) is 5.58. The van der Waals surface area contributed by atoms with Crippen molar-refractivity contribution in [3.8, 4) is 11.3 Å². The number of piperidine rings is 1. The number of fused-ring (bicyclic) bond motifs is 1. The number of carbonyl (C=O) groups is 2. The molecule has 7 nitrogen and oxygen atoms in total. The van der Waals surface area contributed by atoms with E-state index >= 15 is 0 Å². The fraction of sp³-hybridized carbons (Fsp3) is 0.433. The van der Waals surface area contributed by atoms with Gasteiger partial charge in [-0.3, -0.25) is 14.3 Å². The van der Waals surface area contributed by atoms with Crippen LogP contribution >= 0.6 is 11.6 Å². The van der Waals surface area contributed by atoms with Gasteiger partial charge in [-0.2, -0.15) is 5.10 Å². The molecule has 0 radical (unpaired) electrons. The summed E-state index contributed by atoms with van der Waals surface area (Å²) in [5, 5.41) is 15.3. The highest BCUT2D eigenvalue weighted by atomic mass is 35.5. The van der Waals surface area contributed by atoms with E-state index in [4.69, 9.17) is 16.7 Å². The second kappa shape index (κ2) is 11.7. The standard InChI is InChI=1S/C30H35ClN4O3/c1-2-3-4-8-25-20-34(30(38)28-18-27(32-35(25)28)22-9-11-24(31)12-10-22)19-21-6-5-7-23(17-21)29(37)33-15-13-26(36)14-16-33/h5-7,9-12,17-18,25-26,36H,2-4,8,13-16,19-20H2,1H3. The van der Waals surface area contributed by atoms with Crippen molar-refractivity contribution < 1.29 is 14.7 Å². The fourth-order valence-electron chi connectivity index (χ4n) is 5.43. The monoisotopic (exact) mass is 534 g/mol. The summed E-state index contributed by atoms with van der Waals surface area (Å²) in [6.07, 6.45) is 5.20. The lowest BCUT2D eigenvalue weighted by molar-refractivity contribution is 0.0546. The molecule has 38 heavy (non-hydrogen) atoms. The molecule has 0 aliphatic carbocycles. The summed E-state index contributed by atoms with van der Waals surface area (Å²) in [4.78, 5) is 30.4. The molecule has 1 unspecified atom stereocenters. The number of likely N-dealkylation sites (tertiary alicyclic amines) is 1. The third-order valence-electron chi connectivity index (χ3n) is 7.60. The molecule has 200 valence electrons. The van der Waals surface area contributed by atoms with E-state index in [1.165, 1.54) is 0 Å². The number of hydrogen-bond donors (Lipinski definition) is 1. The Morgan fingerprint density at radius 2 is 1.84 bits per heavy atom. The Hall–Kier alpha value is -3.16. The van der Waals surface area contributed by atoms with Gasteiger partial charge < -0.3 is 14.9 Å². The molecule has 3 heterocycles. The minimum atomic E-state index is -0.325. The van der Waals surface area contributed by atoms with E-state index in [1.54, 1.807) is 4.90 Å². The summed E-state index contributed by atoms with van der Waals surface area (Å²) < 4.78 is 1.92. The lowest BCUT2D eigenvalue weighted by atomic mass is 10.0. The molecule has 2 aliphatic heterocycles. The van der Waals surface area contributed by atoms with Crippen molar-refractivity contribution >= 4 is 23.4 Å². The molecule has 0 bridgehead atoms. The highest BCUT2D eigenvalue weighted by Gasteiger charge is 2.33. The number of aliphatic hydroxyl groups is 1. The van der Waals surface area contributed by atoms with Crippen LogP contribution in [0.5, 0.6) is 0 Å².